The summed E-state index contributed by atoms with van der Waals surface area (Å²) >= 11 is 9.22. The number of nitrogens with two attached hydrogens (primary N) is 1. The van der Waals surface area contributed by atoms with E-state index in [0.29, 0.717) is 13.2 Å². The topological polar surface area (TPSA) is 35.2 Å². The number of rotatable bonds is 5. The molecule has 0 unspecified atom stereocenters. The zero-order valence-corrected chi connectivity index (χ0v) is 13.0. The van der Waals surface area contributed by atoms with Crippen LogP contribution < -0.4 is 10.5 Å². The van der Waals surface area contributed by atoms with Gasteiger partial charge in [0.05, 0.1) is 9.50 Å². The van der Waals surface area contributed by atoms with Crippen LogP contribution in [0.3, 0.4) is 0 Å². The van der Waals surface area contributed by atoms with E-state index in [1.54, 1.807) is 12.1 Å². The van der Waals surface area contributed by atoms with Gasteiger partial charge in [-0.05, 0) is 58.2 Å². The molecule has 0 saturated carbocycles. The van der Waals surface area contributed by atoms with Gasteiger partial charge >= 0.3 is 0 Å². The second-order valence-electron chi connectivity index (χ2n) is 4.30. The number of halogens is 3. The highest BCUT2D eigenvalue weighted by Gasteiger charge is 2.08. The van der Waals surface area contributed by atoms with Gasteiger partial charge in [-0.25, -0.2) is 4.39 Å². The molecule has 2 nitrogen and oxygen atoms in total. The van der Waals surface area contributed by atoms with Gasteiger partial charge in [0.15, 0.2) is 0 Å². The first-order valence-corrected chi connectivity index (χ1v) is 7.33. The van der Waals surface area contributed by atoms with Gasteiger partial charge in [-0.2, -0.15) is 0 Å². The SMILES string of the molecule is NCCc1cccc(Br)c1OCc1ccc(F)c(Cl)c1. The normalized spacial score (nSPS) is 10.6. The third-order valence-corrected chi connectivity index (χ3v) is 3.74. The van der Waals surface area contributed by atoms with Crippen LogP contribution in [0.2, 0.25) is 5.02 Å². The molecule has 2 rings (SSSR count). The highest BCUT2D eigenvalue weighted by atomic mass is 79.9. The van der Waals surface area contributed by atoms with Crippen LogP contribution in [-0.4, -0.2) is 6.54 Å². The Morgan fingerprint density at radius 2 is 2.05 bits per heavy atom. The Morgan fingerprint density at radius 3 is 2.75 bits per heavy atom. The van der Waals surface area contributed by atoms with Crippen molar-refractivity contribution in [3.63, 3.8) is 0 Å². The van der Waals surface area contributed by atoms with Crippen LogP contribution in [0.4, 0.5) is 4.39 Å². The molecule has 0 heterocycles. The minimum atomic E-state index is -0.430. The summed E-state index contributed by atoms with van der Waals surface area (Å²) in [5.41, 5.74) is 7.44. The van der Waals surface area contributed by atoms with Crippen molar-refractivity contribution in [1.82, 2.24) is 0 Å². The summed E-state index contributed by atoms with van der Waals surface area (Å²) in [6.45, 7) is 0.870. The molecule has 20 heavy (non-hydrogen) atoms. The maximum absolute atomic E-state index is 13.1. The predicted molar refractivity (Wildman–Crippen MR) is 82.6 cm³/mol. The fraction of sp³-hybridized carbons (Fsp3) is 0.200. The molecule has 0 amide bonds. The van der Waals surface area contributed by atoms with Crippen LogP contribution in [0.15, 0.2) is 40.9 Å². The molecule has 0 fully saturated rings. The van der Waals surface area contributed by atoms with E-state index in [1.807, 2.05) is 18.2 Å². The Labute approximate surface area is 130 Å². The molecule has 0 saturated heterocycles. The molecular formula is C15H14BrClFNO. The van der Waals surface area contributed by atoms with Crippen molar-refractivity contribution < 1.29 is 9.13 Å². The van der Waals surface area contributed by atoms with E-state index < -0.39 is 5.82 Å². The zero-order chi connectivity index (χ0) is 14.5. The monoisotopic (exact) mass is 357 g/mol. The average molecular weight is 359 g/mol. The zero-order valence-electron chi connectivity index (χ0n) is 10.7. The number of para-hydroxylation sites is 1. The summed E-state index contributed by atoms with van der Waals surface area (Å²) in [6, 6.07) is 10.4. The molecule has 2 aromatic rings. The largest absolute Gasteiger partial charge is 0.487 e. The quantitative estimate of drug-likeness (QED) is 0.864. The smallest absolute Gasteiger partial charge is 0.141 e. The summed E-state index contributed by atoms with van der Waals surface area (Å²) in [6.07, 6.45) is 0.735. The molecular weight excluding hydrogens is 345 g/mol. The molecule has 2 N–H and O–H groups in total. The van der Waals surface area contributed by atoms with Crippen molar-refractivity contribution in [3.05, 3.63) is 62.8 Å². The summed E-state index contributed by atoms with van der Waals surface area (Å²) in [4.78, 5) is 0. The molecule has 106 valence electrons. The van der Waals surface area contributed by atoms with Crippen molar-refractivity contribution in [2.75, 3.05) is 6.54 Å². The van der Waals surface area contributed by atoms with Crippen LogP contribution in [0.1, 0.15) is 11.1 Å². The van der Waals surface area contributed by atoms with Crippen molar-refractivity contribution in [3.8, 4) is 5.75 Å². The van der Waals surface area contributed by atoms with E-state index in [-0.39, 0.29) is 5.02 Å². The van der Waals surface area contributed by atoms with Crippen molar-refractivity contribution in [2.24, 2.45) is 5.73 Å². The first-order valence-electron chi connectivity index (χ1n) is 6.16. The Kier molecular flexibility index (Phi) is 5.40. The lowest BCUT2D eigenvalue weighted by atomic mass is 10.1. The lowest BCUT2D eigenvalue weighted by Gasteiger charge is -2.13. The van der Waals surface area contributed by atoms with Gasteiger partial charge in [0.2, 0.25) is 0 Å². The van der Waals surface area contributed by atoms with Crippen LogP contribution >= 0.6 is 27.5 Å². The van der Waals surface area contributed by atoms with Crippen LogP contribution in [-0.2, 0) is 13.0 Å². The van der Waals surface area contributed by atoms with E-state index in [4.69, 9.17) is 22.1 Å². The van der Waals surface area contributed by atoms with Crippen molar-refractivity contribution >= 4 is 27.5 Å². The molecule has 5 heteroatoms. The average Bonchev–Trinajstić information content (AvgIpc) is 2.42. The van der Waals surface area contributed by atoms with Gasteiger partial charge < -0.3 is 10.5 Å². The lowest BCUT2D eigenvalue weighted by Crippen LogP contribution is -2.06. The van der Waals surface area contributed by atoms with E-state index in [1.165, 1.54) is 6.07 Å². The second kappa shape index (κ2) is 7.07. The van der Waals surface area contributed by atoms with E-state index in [2.05, 4.69) is 15.9 Å². The Morgan fingerprint density at radius 1 is 1.25 bits per heavy atom. The Bertz CT molecular complexity index is 606. The lowest BCUT2D eigenvalue weighted by molar-refractivity contribution is 0.301. The third-order valence-electron chi connectivity index (χ3n) is 2.83. The van der Waals surface area contributed by atoms with Crippen LogP contribution in [0.25, 0.3) is 0 Å². The highest BCUT2D eigenvalue weighted by molar-refractivity contribution is 9.10. The first-order chi connectivity index (χ1) is 9.61. The fourth-order valence-corrected chi connectivity index (χ4v) is 2.58. The maximum Gasteiger partial charge on any atom is 0.141 e. The molecule has 0 aliphatic carbocycles. The highest BCUT2D eigenvalue weighted by Crippen LogP contribution is 2.30. The van der Waals surface area contributed by atoms with Crippen LogP contribution in [0.5, 0.6) is 5.75 Å². The summed E-state index contributed by atoms with van der Waals surface area (Å²) < 4.78 is 19.8. The van der Waals surface area contributed by atoms with Crippen LogP contribution in [0, 0.1) is 5.82 Å². The van der Waals surface area contributed by atoms with Gasteiger partial charge in [0.25, 0.3) is 0 Å². The molecule has 0 spiro atoms. The molecule has 0 radical (unpaired) electrons. The van der Waals surface area contributed by atoms with Crippen molar-refractivity contribution in [1.29, 1.82) is 0 Å². The first kappa shape index (κ1) is 15.3. The number of benzene rings is 2. The minimum Gasteiger partial charge on any atom is -0.487 e. The third kappa shape index (κ3) is 3.72. The van der Waals surface area contributed by atoms with Gasteiger partial charge in [-0.15, -0.1) is 0 Å². The molecule has 0 bridgehead atoms. The van der Waals surface area contributed by atoms with Gasteiger partial charge in [-0.3, -0.25) is 0 Å². The summed E-state index contributed by atoms with van der Waals surface area (Å²) in [5.74, 6) is 0.332. The number of hydrogen-bond donors (Lipinski definition) is 1. The molecule has 0 aliphatic rings. The number of ether oxygens (including phenoxy) is 1. The van der Waals surface area contributed by atoms with E-state index in [9.17, 15) is 4.39 Å². The Hall–Kier alpha value is -1.10. The molecule has 0 aliphatic heterocycles. The van der Waals surface area contributed by atoms with Gasteiger partial charge in [0.1, 0.15) is 18.2 Å². The summed E-state index contributed by atoms with van der Waals surface area (Å²) in [7, 11) is 0. The molecule has 0 aromatic heterocycles. The maximum atomic E-state index is 13.1. The van der Waals surface area contributed by atoms with Gasteiger partial charge in [0, 0.05) is 0 Å². The Balaban J connectivity index is 2.15. The van der Waals surface area contributed by atoms with Crippen molar-refractivity contribution in [2.45, 2.75) is 13.0 Å². The fourth-order valence-electron chi connectivity index (χ4n) is 1.85. The summed E-state index contributed by atoms with van der Waals surface area (Å²) in [5, 5.41) is 0.0976. The predicted octanol–water partition coefficient (Wildman–Crippen LogP) is 4.32. The van der Waals surface area contributed by atoms with E-state index >= 15 is 0 Å². The van der Waals surface area contributed by atoms with E-state index in [0.717, 1.165) is 27.8 Å². The standard InChI is InChI=1S/C15H14BrClFNO/c16-12-3-1-2-11(6-7-19)15(12)20-9-10-4-5-14(18)13(17)8-10/h1-5,8H,6-7,9,19H2. The molecule has 2 aromatic carbocycles. The molecule has 0 atom stereocenters. The number of hydrogen-bond acceptors (Lipinski definition) is 2. The second-order valence-corrected chi connectivity index (χ2v) is 5.57. The van der Waals surface area contributed by atoms with Gasteiger partial charge in [-0.1, -0.05) is 29.8 Å². The minimum absolute atomic E-state index is 0.0976.